The molecule has 0 spiro atoms. The quantitative estimate of drug-likeness (QED) is 0.331. The molecule has 2 amide bonds. The normalized spacial score (nSPS) is 10.2. The Morgan fingerprint density at radius 3 is 2.27 bits per heavy atom. The maximum absolute atomic E-state index is 12.6. The zero-order chi connectivity index (χ0) is 23.5. The Bertz CT molecular complexity index is 1090. The minimum atomic E-state index is -0.391. The van der Waals surface area contributed by atoms with Crippen molar-refractivity contribution >= 4 is 34.8 Å². The number of methoxy groups -OCH3 is 1. The van der Waals surface area contributed by atoms with E-state index in [9.17, 15) is 9.59 Å². The molecule has 3 rings (SSSR count). The summed E-state index contributed by atoms with van der Waals surface area (Å²) in [7, 11) is 1.58. The molecule has 0 saturated heterocycles. The van der Waals surface area contributed by atoms with E-state index in [0.717, 1.165) is 5.56 Å². The summed E-state index contributed by atoms with van der Waals surface area (Å²) in [5, 5.41) is 8.60. The van der Waals surface area contributed by atoms with Crippen molar-refractivity contribution in [2.75, 3.05) is 25.6 Å². The van der Waals surface area contributed by atoms with Crippen LogP contribution in [0.2, 0.25) is 0 Å². The highest BCUT2D eigenvalue weighted by Gasteiger charge is 2.14. The fourth-order valence-electron chi connectivity index (χ4n) is 2.93. The number of hydrogen-bond acceptors (Lipinski definition) is 5. The number of hydrogen-bond donors (Lipinski definition) is 3. The summed E-state index contributed by atoms with van der Waals surface area (Å²) >= 11 is 5.26. The summed E-state index contributed by atoms with van der Waals surface area (Å²) < 4.78 is 10.6. The lowest BCUT2D eigenvalue weighted by Crippen LogP contribution is -2.34. The first-order chi connectivity index (χ1) is 16.1. The van der Waals surface area contributed by atoms with Crippen LogP contribution in [0.25, 0.3) is 0 Å². The number of rotatable bonds is 9. The zero-order valence-electron chi connectivity index (χ0n) is 18.2. The van der Waals surface area contributed by atoms with E-state index in [0.29, 0.717) is 42.3 Å². The predicted molar refractivity (Wildman–Crippen MR) is 132 cm³/mol. The third kappa shape index (κ3) is 7.41. The van der Waals surface area contributed by atoms with Crippen LogP contribution < -0.4 is 20.7 Å². The first kappa shape index (κ1) is 23.9. The standard InChI is InChI=1S/C25H25N3O4S/c1-31-15-16-32-22-10-6-5-9-21(22)24(30)28-25(33)27-20-13-11-19(12-14-20)23(29)26-17-18-7-3-2-4-8-18/h2-14H,15-17H2,1H3,(H,26,29)(H2,27,28,30,33). The zero-order valence-corrected chi connectivity index (χ0v) is 19.0. The van der Waals surface area contributed by atoms with Crippen LogP contribution in [0.15, 0.2) is 78.9 Å². The van der Waals surface area contributed by atoms with E-state index in [1.54, 1.807) is 55.6 Å². The topological polar surface area (TPSA) is 88.7 Å². The average Bonchev–Trinajstić information content (AvgIpc) is 2.84. The second kappa shape index (κ2) is 12.3. The molecule has 33 heavy (non-hydrogen) atoms. The Balaban J connectivity index is 1.52. The van der Waals surface area contributed by atoms with Crippen molar-refractivity contribution in [3.63, 3.8) is 0 Å². The van der Waals surface area contributed by atoms with Gasteiger partial charge in [-0.2, -0.15) is 0 Å². The Morgan fingerprint density at radius 2 is 1.55 bits per heavy atom. The average molecular weight is 464 g/mol. The van der Waals surface area contributed by atoms with Crippen molar-refractivity contribution in [3.05, 3.63) is 95.6 Å². The highest BCUT2D eigenvalue weighted by atomic mass is 32.1. The minimum Gasteiger partial charge on any atom is -0.490 e. The molecule has 0 aliphatic heterocycles. The van der Waals surface area contributed by atoms with Crippen LogP contribution >= 0.6 is 12.2 Å². The monoisotopic (exact) mass is 463 g/mol. The van der Waals surface area contributed by atoms with Gasteiger partial charge in [-0.1, -0.05) is 42.5 Å². The van der Waals surface area contributed by atoms with Crippen LogP contribution in [0.1, 0.15) is 26.3 Å². The van der Waals surface area contributed by atoms with Gasteiger partial charge in [-0.15, -0.1) is 0 Å². The van der Waals surface area contributed by atoms with Gasteiger partial charge in [-0.25, -0.2) is 0 Å². The molecule has 3 aromatic carbocycles. The van der Waals surface area contributed by atoms with E-state index >= 15 is 0 Å². The molecule has 0 radical (unpaired) electrons. The highest BCUT2D eigenvalue weighted by molar-refractivity contribution is 7.80. The van der Waals surface area contributed by atoms with Crippen molar-refractivity contribution in [2.24, 2.45) is 0 Å². The van der Waals surface area contributed by atoms with Crippen molar-refractivity contribution in [1.29, 1.82) is 0 Å². The van der Waals surface area contributed by atoms with Crippen LogP contribution in [0, 0.1) is 0 Å². The number of amides is 2. The summed E-state index contributed by atoms with van der Waals surface area (Å²) in [4.78, 5) is 25.0. The molecule has 0 aliphatic carbocycles. The number of ether oxygens (including phenoxy) is 2. The number of anilines is 1. The molecule has 0 aliphatic rings. The molecular formula is C25H25N3O4S. The summed E-state index contributed by atoms with van der Waals surface area (Å²) in [6.07, 6.45) is 0. The van der Waals surface area contributed by atoms with Gasteiger partial charge in [0.05, 0.1) is 12.2 Å². The number of carbonyl (C=O) groups excluding carboxylic acids is 2. The fraction of sp³-hybridized carbons (Fsp3) is 0.160. The highest BCUT2D eigenvalue weighted by Crippen LogP contribution is 2.18. The van der Waals surface area contributed by atoms with Gasteiger partial charge >= 0.3 is 0 Å². The van der Waals surface area contributed by atoms with E-state index in [2.05, 4.69) is 16.0 Å². The van der Waals surface area contributed by atoms with Gasteiger partial charge in [-0.05, 0) is 54.2 Å². The van der Waals surface area contributed by atoms with Crippen molar-refractivity contribution in [2.45, 2.75) is 6.54 Å². The maximum atomic E-state index is 12.6. The van der Waals surface area contributed by atoms with Crippen LogP contribution in [0.3, 0.4) is 0 Å². The van der Waals surface area contributed by atoms with Crippen molar-refractivity contribution in [1.82, 2.24) is 10.6 Å². The molecule has 7 nitrogen and oxygen atoms in total. The molecule has 3 N–H and O–H groups in total. The van der Waals surface area contributed by atoms with Crippen molar-refractivity contribution < 1.29 is 19.1 Å². The summed E-state index contributed by atoms with van der Waals surface area (Å²) in [5.41, 5.74) is 2.55. The summed E-state index contributed by atoms with van der Waals surface area (Å²) in [6.45, 7) is 1.19. The Morgan fingerprint density at radius 1 is 0.848 bits per heavy atom. The van der Waals surface area contributed by atoms with Gasteiger partial charge in [0.1, 0.15) is 12.4 Å². The number of thiocarbonyl (C=S) groups is 1. The molecule has 8 heteroatoms. The molecule has 0 saturated carbocycles. The van der Waals surface area contributed by atoms with Gasteiger partial charge in [0, 0.05) is 24.9 Å². The molecule has 3 aromatic rings. The van der Waals surface area contributed by atoms with Crippen LogP contribution in [0.4, 0.5) is 5.69 Å². The van der Waals surface area contributed by atoms with Gasteiger partial charge in [-0.3, -0.25) is 14.9 Å². The minimum absolute atomic E-state index is 0.132. The molecular weight excluding hydrogens is 438 g/mol. The van der Waals surface area contributed by atoms with Crippen LogP contribution in [-0.4, -0.2) is 37.3 Å². The van der Waals surface area contributed by atoms with E-state index in [1.165, 1.54) is 0 Å². The van der Waals surface area contributed by atoms with Gasteiger partial charge < -0.3 is 20.1 Å². The Labute approximate surface area is 198 Å². The third-order valence-corrected chi connectivity index (χ3v) is 4.81. The first-order valence-corrected chi connectivity index (χ1v) is 10.7. The molecule has 170 valence electrons. The summed E-state index contributed by atoms with van der Waals surface area (Å²) in [5.74, 6) is -0.121. The van der Waals surface area contributed by atoms with Gasteiger partial charge in [0.2, 0.25) is 0 Å². The lowest BCUT2D eigenvalue weighted by molar-refractivity contribution is 0.0948. The summed E-state index contributed by atoms with van der Waals surface area (Å²) in [6, 6.07) is 23.4. The second-order valence-electron chi connectivity index (χ2n) is 6.99. The molecule has 0 fully saturated rings. The largest absolute Gasteiger partial charge is 0.490 e. The third-order valence-electron chi connectivity index (χ3n) is 4.60. The Kier molecular flexibility index (Phi) is 8.93. The number of carbonyl (C=O) groups is 2. The lowest BCUT2D eigenvalue weighted by Gasteiger charge is -2.13. The maximum Gasteiger partial charge on any atom is 0.261 e. The SMILES string of the molecule is COCCOc1ccccc1C(=O)NC(=S)Nc1ccc(C(=O)NCc2ccccc2)cc1. The molecule has 0 bridgehead atoms. The molecule has 0 aromatic heterocycles. The van der Waals surface area contributed by atoms with Gasteiger partial charge in [0.15, 0.2) is 5.11 Å². The number of para-hydroxylation sites is 1. The molecule has 0 heterocycles. The van der Waals surface area contributed by atoms with E-state index in [-0.39, 0.29) is 11.0 Å². The fourth-order valence-corrected chi connectivity index (χ4v) is 3.14. The van der Waals surface area contributed by atoms with Crippen LogP contribution in [0.5, 0.6) is 5.75 Å². The second-order valence-corrected chi connectivity index (χ2v) is 7.40. The molecule has 0 unspecified atom stereocenters. The van der Waals surface area contributed by atoms with E-state index < -0.39 is 5.91 Å². The number of nitrogens with one attached hydrogen (secondary N) is 3. The van der Waals surface area contributed by atoms with Gasteiger partial charge in [0.25, 0.3) is 11.8 Å². The van der Waals surface area contributed by atoms with Crippen LogP contribution in [-0.2, 0) is 11.3 Å². The predicted octanol–water partition coefficient (Wildman–Crippen LogP) is 3.77. The first-order valence-electron chi connectivity index (χ1n) is 10.3. The number of benzene rings is 3. The molecule has 0 atom stereocenters. The lowest BCUT2D eigenvalue weighted by atomic mass is 10.1. The van der Waals surface area contributed by atoms with E-state index in [4.69, 9.17) is 21.7 Å². The Hall–Kier alpha value is -3.75. The smallest absolute Gasteiger partial charge is 0.261 e. The van der Waals surface area contributed by atoms with Crippen molar-refractivity contribution in [3.8, 4) is 5.75 Å². The van der Waals surface area contributed by atoms with E-state index in [1.807, 2.05) is 30.3 Å².